The Morgan fingerprint density at radius 3 is 2.50 bits per heavy atom. The van der Waals surface area contributed by atoms with Gasteiger partial charge >= 0.3 is 0 Å². The van der Waals surface area contributed by atoms with Crippen LogP contribution in [0.25, 0.3) is 17.0 Å². The van der Waals surface area contributed by atoms with E-state index in [1.54, 1.807) is 22.7 Å². The van der Waals surface area contributed by atoms with Gasteiger partial charge in [-0.05, 0) is 36.2 Å². The molecular formula is C21H19N7O2. The topological polar surface area (TPSA) is 141 Å². The van der Waals surface area contributed by atoms with Gasteiger partial charge in [0, 0.05) is 12.7 Å². The molecular weight excluding hydrogens is 382 g/mol. The molecule has 2 amide bonds. The van der Waals surface area contributed by atoms with Crippen LogP contribution in [0.15, 0.2) is 54.7 Å². The van der Waals surface area contributed by atoms with E-state index in [1.165, 1.54) is 0 Å². The molecule has 1 aromatic carbocycles. The molecule has 30 heavy (non-hydrogen) atoms. The van der Waals surface area contributed by atoms with Gasteiger partial charge in [0.25, 0.3) is 11.8 Å². The quantitative estimate of drug-likeness (QED) is 0.451. The van der Waals surface area contributed by atoms with Crippen molar-refractivity contribution in [1.82, 2.24) is 19.6 Å². The van der Waals surface area contributed by atoms with Crippen LogP contribution < -0.4 is 16.8 Å². The van der Waals surface area contributed by atoms with Crippen molar-refractivity contribution < 1.29 is 9.59 Å². The van der Waals surface area contributed by atoms with Crippen LogP contribution in [0.2, 0.25) is 0 Å². The molecule has 0 saturated carbocycles. The van der Waals surface area contributed by atoms with Crippen LogP contribution in [0.5, 0.6) is 0 Å². The number of nitrogens with zero attached hydrogens (tertiary/aromatic N) is 4. The lowest BCUT2D eigenvalue weighted by Gasteiger charge is -2.10. The predicted molar refractivity (Wildman–Crippen MR) is 112 cm³/mol. The number of anilines is 1. The zero-order valence-electron chi connectivity index (χ0n) is 16.2. The largest absolute Gasteiger partial charge is 0.366 e. The fraction of sp³-hybridized carbons (Fsp3) is 0.0952. The first-order chi connectivity index (χ1) is 14.5. The summed E-state index contributed by atoms with van der Waals surface area (Å²) in [6, 6.07) is 14.9. The van der Waals surface area contributed by atoms with Crippen molar-refractivity contribution in [2.24, 2.45) is 11.5 Å². The Bertz CT molecular complexity index is 1270. The van der Waals surface area contributed by atoms with Crippen LogP contribution in [0.1, 0.15) is 32.0 Å². The van der Waals surface area contributed by atoms with Crippen LogP contribution in [-0.4, -0.2) is 31.4 Å². The predicted octanol–water partition coefficient (Wildman–Crippen LogP) is 1.91. The summed E-state index contributed by atoms with van der Waals surface area (Å²) < 4.78 is 1.78. The van der Waals surface area contributed by atoms with Gasteiger partial charge in [0.05, 0.1) is 16.8 Å². The first kappa shape index (κ1) is 19.1. The number of carbonyl (C=O) groups is 2. The van der Waals surface area contributed by atoms with E-state index < -0.39 is 11.8 Å². The minimum atomic E-state index is -0.732. The van der Waals surface area contributed by atoms with E-state index in [1.807, 2.05) is 43.3 Å². The number of aromatic nitrogens is 4. The number of pyridine rings is 1. The molecule has 0 unspecified atom stereocenters. The first-order valence-electron chi connectivity index (χ1n) is 9.19. The standard InChI is InChI=1S/C21H19N7O2/c1-12-10-15-14(18(22)29)8-5-9-28(15)17(12)21-25-20(16(19(23)30)26-27-21)24-11-13-6-3-2-4-7-13/h2-10H,11H2,1H3,(H2,22,29)(H2,23,30)(H,24,25,27). The highest BCUT2D eigenvalue weighted by molar-refractivity contribution is 6.00. The molecule has 0 radical (unpaired) electrons. The Labute approximate surface area is 171 Å². The number of aryl methyl sites for hydroxylation is 1. The highest BCUT2D eigenvalue weighted by atomic mass is 16.1. The zero-order chi connectivity index (χ0) is 21.3. The van der Waals surface area contributed by atoms with E-state index in [2.05, 4.69) is 20.5 Å². The minimum absolute atomic E-state index is 0.0500. The van der Waals surface area contributed by atoms with Crippen molar-refractivity contribution >= 4 is 23.1 Å². The number of amides is 2. The molecule has 0 saturated heterocycles. The van der Waals surface area contributed by atoms with Gasteiger partial charge in [0.2, 0.25) is 5.82 Å². The summed E-state index contributed by atoms with van der Waals surface area (Å²) in [6.45, 7) is 2.30. The molecule has 3 aromatic heterocycles. The molecule has 9 nitrogen and oxygen atoms in total. The van der Waals surface area contributed by atoms with Crippen molar-refractivity contribution in [2.45, 2.75) is 13.5 Å². The number of benzene rings is 1. The van der Waals surface area contributed by atoms with Gasteiger partial charge in [0.1, 0.15) is 0 Å². The number of nitrogens with one attached hydrogen (secondary N) is 1. The molecule has 3 heterocycles. The number of fused-ring (bicyclic) bond motifs is 1. The third kappa shape index (κ3) is 3.44. The van der Waals surface area contributed by atoms with E-state index >= 15 is 0 Å². The van der Waals surface area contributed by atoms with Gasteiger partial charge in [-0.15, -0.1) is 10.2 Å². The summed E-state index contributed by atoms with van der Waals surface area (Å²) in [7, 11) is 0. The second-order valence-electron chi connectivity index (χ2n) is 6.75. The Morgan fingerprint density at radius 2 is 1.80 bits per heavy atom. The Morgan fingerprint density at radius 1 is 1.03 bits per heavy atom. The monoisotopic (exact) mass is 401 g/mol. The first-order valence-corrected chi connectivity index (χ1v) is 9.19. The van der Waals surface area contributed by atoms with Crippen LogP contribution in [0, 0.1) is 6.92 Å². The van der Waals surface area contributed by atoms with E-state index in [0.29, 0.717) is 23.3 Å². The maximum absolute atomic E-state index is 11.8. The number of carbonyl (C=O) groups excluding carboxylic acids is 2. The second-order valence-corrected chi connectivity index (χ2v) is 6.75. The molecule has 0 aliphatic heterocycles. The van der Waals surface area contributed by atoms with Gasteiger partial charge in [-0.1, -0.05) is 30.3 Å². The highest BCUT2D eigenvalue weighted by Gasteiger charge is 2.20. The summed E-state index contributed by atoms with van der Waals surface area (Å²) in [5, 5.41) is 11.2. The molecule has 4 aromatic rings. The fourth-order valence-corrected chi connectivity index (χ4v) is 3.32. The second kappa shape index (κ2) is 7.63. The summed E-state index contributed by atoms with van der Waals surface area (Å²) in [5.74, 6) is -0.741. The maximum Gasteiger partial charge on any atom is 0.273 e. The number of nitrogens with two attached hydrogens (primary N) is 2. The molecule has 4 rings (SSSR count). The SMILES string of the molecule is Cc1cc2c(C(N)=O)cccn2c1-c1nnc(C(N)=O)c(NCc2ccccc2)n1. The molecule has 0 bridgehead atoms. The van der Waals surface area contributed by atoms with E-state index in [9.17, 15) is 9.59 Å². The average Bonchev–Trinajstić information content (AvgIpc) is 3.08. The van der Waals surface area contributed by atoms with Gasteiger partial charge in [-0.25, -0.2) is 4.98 Å². The summed E-state index contributed by atoms with van der Waals surface area (Å²) in [6.07, 6.45) is 1.78. The highest BCUT2D eigenvalue weighted by Crippen LogP contribution is 2.27. The van der Waals surface area contributed by atoms with E-state index in [-0.39, 0.29) is 17.3 Å². The summed E-state index contributed by atoms with van der Waals surface area (Å²) in [4.78, 5) is 28.1. The van der Waals surface area contributed by atoms with Crippen molar-refractivity contribution in [1.29, 1.82) is 0 Å². The molecule has 0 fully saturated rings. The van der Waals surface area contributed by atoms with Crippen LogP contribution >= 0.6 is 0 Å². The Hall–Kier alpha value is -4.27. The molecule has 0 aliphatic carbocycles. The van der Waals surface area contributed by atoms with Crippen LogP contribution in [-0.2, 0) is 6.54 Å². The normalized spacial score (nSPS) is 10.8. The molecule has 0 atom stereocenters. The Kier molecular flexibility index (Phi) is 4.85. The van der Waals surface area contributed by atoms with Crippen molar-refractivity contribution in [3.05, 3.63) is 77.1 Å². The number of rotatable bonds is 6. The van der Waals surface area contributed by atoms with Crippen molar-refractivity contribution in [2.75, 3.05) is 5.32 Å². The minimum Gasteiger partial charge on any atom is -0.366 e. The lowest BCUT2D eigenvalue weighted by Crippen LogP contribution is -2.19. The number of primary amides is 2. The van der Waals surface area contributed by atoms with Gasteiger partial charge < -0.3 is 21.2 Å². The zero-order valence-corrected chi connectivity index (χ0v) is 16.2. The molecule has 0 aliphatic rings. The molecule has 9 heteroatoms. The molecule has 150 valence electrons. The smallest absolute Gasteiger partial charge is 0.273 e. The van der Waals surface area contributed by atoms with Gasteiger partial charge in [-0.2, -0.15) is 0 Å². The lowest BCUT2D eigenvalue weighted by atomic mass is 10.2. The molecule has 5 N–H and O–H groups in total. The van der Waals surface area contributed by atoms with Gasteiger partial charge in [-0.3, -0.25) is 9.59 Å². The summed E-state index contributed by atoms with van der Waals surface area (Å²) in [5.41, 5.74) is 14.4. The lowest BCUT2D eigenvalue weighted by molar-refractivity contribution is 0.0989. The summed E-state index contributed by atoms with van der Waals surface area (Å²) >= 11 is 0. The van der Waals surface area contributed by atoms with Crippen molar-refractivity contribution in [3.63, 3.8) is 0 Å². The maximum atomic E-state index is 11.8. The van der Waals surface area contributed by atoms with Crippen molar-refractivity contribution in [3.8, 4) is 11.5 Å². The van der Waals surface area contributed by atoms with Gasteiger partial charge in [0.15, 0.2) is 11.5 Å². The van der Waals surface area contributed by atoms with Crippen LogP contribution in [0.3, 0.4) is 0 Å². The Balaban J connectivity index is 1.80. The van der Waals surface area contributed by atoms with E-state index in [0.717, 1.165) is 11.1 Å². The number of hydrogen-bond donors (Lipinski definition) is 3. The average molecular weight is 401 g/mol. The number of hydrogen-bond acceptors (Lipinski definition) is 6. The molecule has 0 spiro atoms. The van der Waals surface area contributed by atoms with Crippen LogP contribution in [0.4, 0.5) is 5.82 Å². The third-order valence-corrected chi connectivity index (χ3v) is 4.70. The third-order valence-electron chi connectivity index (χ3n) is 4.70. The van der Waals surface area contributed by atoms with E-state index in [4.69, 9.17) is 11.5 Å². The fourth-order valence-electron chi connectivity index (χ4n) is 3.32.